The first kappa shape index (κ1) is 16.1. The van der Waals surface area contributed by atoms with E-state index in [0.29, 0.717) is 13.0 Å². The average Bonchev–Trinajstić information content (AvgIpc) is 2.62. The molecule has 3 rings (SSSR count). The predicted molar refractivity (Wildman–Crippen MR) is 90.5 cm³/mol. The van der Waals surface area contributed by atoms with Crippen molar-refractivity contribution in [3.05, 3.63) is 65.7 Å². The zero-order valence-electron chi connectivity index (χ0n) is 13.6. The van der Waals surface area contributed by atoms with E-state index >= 15 is 0 Å². The van der Waals surface area contributed by atoms with Gasteiger partial charge in [0.25, 0.3) is 0 Å². The van der Waals surface area contributed by atoms with Gasteiger partial charge in [0, 0.05) is 13.0 Å². The van der Waals surface area contributed by atoms with Crippen LogP contribution in [0.4, 0.5) is 0 Å². The number of amides is 2. The third-order valence-corrected chi connectivity index (χ3v) is 4.20. The summed E-state index contributed by atoms with van der Waals surface area (Å²) in [5.41, 5.74) is 2.00. The second-order valence-corrected chi connectivity index (χ2v) is 5.79. The third kappa shape index (κ3) is 3.56. The molecule has 1 unspecified atom stereocenters. The second kappa shape index (κ2) is 7.17. The lowest BCUT2D eigenvalue weighted by atomic mass is 10.0. The lowest BCUT2D eigenvalue weighted by Crippen LogP contribution is -2.58. The first-order valence-corrected chi connectivity index (χ1v) is 7.91. The van der Waals surface area contributed by atoms with E-state index in [-0.39, 0.29) is 18.4 Å². The quantitative estimate of drug-likeness (QED) is 0.912. The number of nitrogens with one attached hydrogen (secondary N) is 1. The average molecular weight is 324 g/mol. The van der Waals surface area contributed by atoms with Gasteiger partial charge in [-0.3, -0.25) is 9.59 Å². The van der Waals surface area contributed by atoms with E-state index in [9.17, 15) is 9.59 Å². The molecule has 0 bridgehead atoms. The van der Waals surface area contributed by atoms with Crippen molar-refractivity contribution in [3.8, 4) is 5.75 Å². The van der Waals surface area contributed by atoms with E-state index < -0.39 is 6.04 Å². The molecule has 2 aromatic carbocycles. The minimum Gasteiger partial charge on any atom is -0.497 e. The normalized spacial score (nSPS) is 17.5. The van der Waals surface area contributed by atoms with Gasteiger partial charge in [-0.25, -0.2) is 0 Å². The van der Waals surface area contributed by atoms with Crippen molar-refractivity contribution in [2.75, 3.05) is 13.7 Å². The Morgan fingerprint density at radius 3 is 2.42 bits per heavy atom. The topological polar surface area (TPSA) is 58.6 Å². The van der Waals surface area contributed by atoms with Crippen molar-refractivity contribution >= 4 is 11.8 Å². The van der Waals surface area contributed by atoms with E-state index in [0.717, 1.165) is 16.9 Å². The Morgan fingerprint density at radius 2 is 1.75 bits per heavy atom. The molecular formula is C19H20N2O3. The number of carbonyl (C=O) groups is 2. The molecule has 0 radical (unpaired) electrons. The van der Waals surface area contributed by atoms with Gasteiger partial charge in [-0.15, -0.1) is 0 Å². The van der Waals surface area contributed by atoms with E-state index in [1.165, 1.54) is 0 Å². The molecule has 24 heavy (non-hydrogen) atoms. The molecule has 1 fully saturated rings. The summed E-state index contributed by atoms with van der Waals surface area (Å²) in [7, 11) is 1.61. The van der Waals surface area contributed by atoms with Gasteiger partial charge in [0.15, 0.2) is 0 Å². The van der Waals surface area contributed by atoms with Crippen LogP contribution < -0.4 is 10.1 Å². The van der Waals surface area contributed by atoms with Gasteiger partial charge in [-0.2, -0.15) is 0 Å². The summed E-state index contributed by atoms with van der Waals surface area (Å²) in [4.78, 5) is 26.3. The maximum Gasteiger partial charge on any atom is 0.243 e. The largest absolute Gasteiger partial charge is 0.497 e. The van der Waals surface area contributed by atoms with Gasteiger partial charge in [-0.1, -0.05) is 42.5 Å². The Bertz CT molecular complexity index is 713. The van der Waals surface area contributed by atoms with Crippen LogP contribution in [0.1, 0.15) is 11.1 Å². The van der Waals surface area contributed by atoms with Crippen molar-refractivity contribution in [1.29, 1.82) is 0 Å². The van der Waals surface area contributed by atoms with Crippen LogP contribution in [-0.2, 0) is 22.6 Å². The van der Waals surface area contributed by atoms with Gasteiger partial charge in [0.05, 0.1) is 13.7 Å². The summed E-state index contributed by atoms with van der Waals surface area (Å²) in [5, 5.41) is 2.69. The van der Waals surface area contributed by atoms with Gasteiger partial charge >= 0.3 is 0 Å². The molecule has 1 N–H and O–H groups in total. The van der Waals surface area contributed by atoms with Crippen LogP contribution >= 0.6 is 0 Å². The Hall–Kier alpha value is -2.82. The number of carbonyl (C=O) groups excluding carboxylic acids is 2. The van der Waals surface area contributed by atoms with Gasteiger partial charge in [0.1, 0.15) is 11.8 Å². The summed E-state index contributed by atoms with van der Waals surface area (Å²) >= 11 is 0. The first-order chi connectivity index (χ1) is 11.7. The van der Waals surface area contributed by atoms with Crippen LogP contribution in [0.3, 0.4) is 0 Å². The summed E-state index contributed by atoms with van der Waals surface area (Å²) in [6, 6.07) is 16.8. The number of benzene rings is 2. The molecular weight excluding hydrogens is 304 g/mol. The van der Waals surface area contributed by atoms with E-state index in [1.807, 2.05) is 54.6 Å². The van der Waals surface area contributed by atoms with Crippen molar-refractivity contribution < 1.29 is 14.3 Å². The van der Waals surface area contributed by atoms with Gasteiger partial charge in [0.2, 0.25) is 11.8 Å². The van der Waals surface area contributed by atoms with E-state index in [2.05, 4.69) is 5.32 Å². The van der Waals surface area contributed by atoms with Gasteiger partial charge in [-0.05, 0) is 23.3 Å². The number of hydrogen-bond donors (Lipinski definition) is 1. The smallest absolute Gasteiger partial charge is 0.243 e. The third-order valence-electron chi connectivity index (χ3n) is 4.20. The zero-order chi connectivity index (χ0) is 16.9. The van der Waals surface area contributed by atoms with Crippen molar-refractivity contribution in [3.63, 3.8) is 0 Å². The van der Waals surface area contributed by atoms with Gasteiger partial charge < -0.3 is 15.0 Å². The van der Waals surface area contributed by atoms with Crippen LogP contribution in [0.2, 0.25) is 0 Å². The predicted octanol–water partition coefficient (Wildman–Crippen LogP) is 1.76. The molecule has 0 aromatic heterocycles. The minimum absolute atomic E-state index is 0.0558. The number of nitrogens with zero attached hydrogens (tertiary/aromatic N) is 1. The zero-order valence-corrected chi connectivity index (χ0v) is 13.6. The van der Waals surface area contributed by atoms with Crippen molar-refractivity contribution in [2.24, 2.45) is 0 Å². The molecule has 1 heterocycles. The molecule has 5 nitrogen and oxygen atoms in total. The number of methoxy groups -OCH3 is 1. The summed E-state index contributed by atoms with van der Waals surface area (Å²) in [6.07, 6.45) is 0.509. The summed E-state index contributed by atoms with van der Waals surface area (Å²) < 4.78 is 5.15. The first-order valence-electron chi connectivity index (χ1n) is 7.91. The number of piperazine rings is 1. The highest BCUT2D eigenvalue weighted by atomic mass is 16.5. The monoisotopic (exact) mass is 324 g/mol. The molecule has 1 aliphatic heterocycles. The highest BCUT2D eigenvalue weighted by Crippen LogP contribution is 2.18. The fourth-order valence-electron chi connectivity index (χ4n) is 2.86. The number of ether oxygens (including phenoxy) is 1. The molecule has 2 aromatic rings. The van der Waals surface area contributed by atoms with Crippen molar-refractivity contribution in [2.45, 2.75) is 19.0 Å². The molecule has 1 atom stereocenters. The molecule has 0 saturated carbocycles. The van der Waals surface area contributed by atoms with Crippen LogP contribution in [0.5, 0.6) is 5.75 Å². The molecule has 0 aliphatic carbocycles. The van der Waals surface area contributed by atoms with E-state index in [4.69, 9.17) is 4.74 Å². The second-order valence-electron chi connectivity index (χ2n) is 5.79. The SMILES string of the molecule is COc1ccc(CN2C(=O)CNC(=O)C2Cc2ccccc2)cc1. The highest BCUT2D eigenvalue weighted by molar-refractivity contribution is 5.95. The maximum atomic E-state index is 12.4. The summed E-state index contributed by atoms with van der Waals surface area (Å²) in [5.74, 6) is 0.598. The fraction of sp³-hybridized carbons (Fsp3) is 0.263. The minimum atomic E-state index is -0.490. The van der Waals surface area contributed by atoms with Crippen LogP contribution in [0.25, 0.3) is 0 Å². The Kier molecular flexibility index (Phi) is 4.79. The Balaban J connectivity index is 1.80. The molecule has 2 amide bonds. The van der Waals surface area contributed by atoms with Crippen LogP contribution in [-0.4, -0.2) is 36.4 Å². The highest BCUT2D eigenvalue weighted by Gasteiger charge is 2.34. The lowest BCUT2D eigenvalue weighted by Gasteiger charge is -2.35. The fourth-order valence-corrected chi connectivity index (χ4v) is 2.86. The van der Waals surface area contributed by atoms with Crippen molar-refractivity contribution in [1.82, 2.24) is 10.2 Å². The molecule has 124 valence electrons. The lowest BCUT2D eigenvalue weighted by molar-refractivity contribution is -0.146. The molecule has 1 aliphatic rings. The number of hydrogen-bond acceptors (Lipinski definition) is 3. The van der Waals surface area contributed by atoms with Crippen LogP contribution in [0, 0.1) is 0 Å². The van der Waals surface area contributed by atoms with E-state index in [1.54, 1.807) is 12.0 Å². The standard InChI is InChI=1S/C19H20N2O3/c1-24-16-9-7-15(8-10-16)13-21-17(19(23)20-12-18(21)22)11-14-5-3-2-4-6-14/h2-10,17H,11-13H2,1H3,(H,20,23). The molecule has 1 saturated heterocycles. The summed E-state index contributed by atoms with van der Waals surface area (Å²) in [6.45, 7) is 0.466. The molecule has 0 spiro atoms. The Labute approximate surface area is 141 Å². The maximum absolute atomic E-state index is 12.4. The van der Waals surface area contributed by atoms with Crippen LogP contribution in [0.15, 0.2) is 54.6 Å². The number of rotatable bonds is 5. The Morgan fingerprint density at radius 1 is 1.04 bits per heavy atom. The molecule has 5 heteroatoms.